The van der Waals surface area contributed by atoms with Gasteiger partial charge in [-0.25, -0.2) is 4.79 Å². The van der Waals surface area contributed by atoms with Crippen molar-refractivity contribution in [3.63, 3.8) is 0 Å². The van der Waals surface area contributed by atoms with E-state index in [-0.39, 0.29) is 11.3 Å². The Hall–Kier alpha value is -1.89. The second-order valence-electron chi connectivity index (χ2n) is 5.28. The number of benzene rings is 1. The monoisotopic (exact) mass is 337 g/mol. The van der Waals surface area contributed by atoms with E-state index in [1.807, 2.05) is 0 Å². The molecule has 2 heterocycles. The molecule has 3 rings (SSSR count). The number of aromatic nitrogens is 1. The second-order valence-corrected chi connectivity index (χ2v) is 5.72. The van der Waals surface area contributed by atoms with Crippen LogP contribution in [-0.2, 0) is 9.47 Å². The fraction of sp³-hybridized carbons (Fsp3) is 0.375. The van der Waals surface area contributed by atoms with E-state index in [1.54, 1.807) is 24.3 Å². The molecule has 1 aliphatic heterocycles. The van der Waals surface area contributed by atoms with E-state index in [2.05, 4.69) is 5.16 Å². The van der Waals surface area contributed by atoms with Crippen LogP contribution in [-0.4, -0.2) is 29.1 Å². The first-order valence-electron chi connectivity index (χ1n) is 7.35. The molecule has 2 atom stereocenters. The van der Waals surface area contributed by atoms with E-state index in [0.717, 1.165) is 31.1 Å². The van der Waals surface area contributed by atoms with Gasteiger partial charge in [-0.15, -0.1) is 0 Å². The van der Waals surface area contributed by atoms with Gasteiger partial charge in [0.05, 0.1) is 0 Å². The number of carboxylic acids is 1. The highest BCUT2D eigenvalue weighted by molar-refractivity contribution is 6.30. The summed E-state index contributed by atoms with van der Waals surface area (Å²) in [6.45, 7) is 0.628. The molecule has 1 aromatic heterocycles. The maximum atomic E-state index is 11.4. The molecular formula is C16H16ClNO5. The average molecular weight is 338 g/mol. The molecule has 6 nitrogen and oxygen atoms in total. The minimum absolute atomic E-state index is 0.0271. The zero-order valence-electron chi connectivity index (χ0n) is 12.3. The molecule has 1 saturated heterocycles. The molecule has 0 spiro atoms. The molecule has 1 N–H and O–H groups in total. The van der Waals surface area contributed by atoms with Gasteiger partial charge in [0.1, 0.15) is 23.6 Å². The first-order valence-corrected chi connectivity index (χ1v) is 7.73. The first-order chi connectivity index (χ1) is 11.1. The molecular weight excluding hydrogens is 322 g/mol. The number of rotatable bonds is 5. The number of ether oxygens (including phenoxy) is 2. The fourth-order valence-corrected chi connectivity index (χ4v) is 2.63. The molecule has 0 unspecified atom stereocenters. The summed E-state index contributed by atoms with van der Waals surface area (Å²) in [7, 11) is 0. The van der Waals surface area contributed by atoms with Gasteiger partial charge >= 0.3 is 5.97 Å². The molecule has 0 aliphatic carbocycles. The van der Waals surface area contributed by atoms with Gasteiger partial charge < -0.3 is 19.1 Å². The fourth-order valence-electron chi connectivity index (χ4n) is 2.50. The molecule has 0 amide bonds. The number of hydrogen-bond donors (Lipinski definition) is 1. The summed E-state index contributed by atoms with van der Waals surface area (Å²) in [5, 5.41) is 13.7. The molecule has 2 aromatic rings. The van der Waals surface area contributed by atoms with Gasteiger partial charge in [-0.2, -0.15) is 0 Å². The Morgan fingerprint density at radius 3 is 2.78 bits per heavy atom. The quantitative estimate of drug-likeness (QED) is 0.896. The number of nitrogens with zero attached hydrogens (tertiary/aromatic N) is 1. The van der Waals surface area contributed by atoms with Gasteiger partial charge in [0.25, 0.3) is 0 Å². The van der Waals surface area contributed by atoms with Gasteiger partial charge in [-0.05, 0) is 37.0 Å². The van der Waals surface area contributed by atoms with E-state index in [4.69, 9.17) is 25.6 Å². The topological polar surface area (TPSA) is 81.8 Å². The summed E-state index contributed by atoms with van der Waals surface area (Å²) >= 11 is 5.92. The summed E-state index contributed by atoms with van der Waals surface area (Å²) < 4.78 is 16.4. The average Bonchev–Trinajstić information content (AvgIpc) is 3.04. The van der Waals surface area contributed by atoms with Crippen LogP contribution in [0.5, 0.6) is 0 Å². The highest BCUT2D eigenvalue weighted by Gasteiger charge is 2.29. The SMILES string of the molecule is O=C(O)c1conc1[C@@H](O[C@H]1CCCCO1)c1ccc(Cl)cc1. The smallest absolute Gasteiger partial charge is 0.341 e. The zero-order chi connectivity index (χ0) is 16.2. The Morgan fingerprint density at radius 2 is 2.13 bits per heavy atom. The van der Waals surface area contributed by atoms with Crippen molar-refractivity contribution in [2.24, 2.45) is 0 Å². The van der Waals surface area contributed by atoms with E-state index in [1.165, 1.54) is 0 Å². The number of carboxylic acid groups (broad SMARTS) is 1. The standard InChI is InChI=1S/C16H16ClNO5/c17-11-6-4-10(5-7-11)15(23-13-3-1-2-8-21-13)14-12(16(19)20)9-22-18-14/h4-7,9,13,15H,1-3,8H2,(H,19,20)/t13-,15-/m0/s1. The van der Waals surface area contributed by atoms with Crippen LogP contribution >= 0.6 is 11.6 Å². The van der Waals surface area contributed by atoms with Crippen molar-refractivity contribution in [3.05, 3.63) is 52.4 Å². The van der Waals surface area contributed by atoms with Crippen LogP contribution in [0.25, 0.3) is 0 Å². The van der Waals surface area contributed by atoms with Crippen LogP contribution in [0, 0.1) is 0 Å². The van der Waals surface area contributed by atoms with Crippen molar-refractivity contribution in [1.82, 2.24) is 5.16 Å². The highest BCUT2D eigenvalue weighted by atomic mass is 35.5. The van der Waals surface area contributed by atoms with Crippen LogP contribution in [0.2, 0.25) is 5.02 Å². The lowest BCUT2D eigenvalue weighted by molar-refractivity contribution is -0.182. The molecule has 0 saturated carbocycles. The number of carbonyl (C=O) groups is 1. The van der Waals surface area contributed by atoms with Crippen LogP contribution in [0.3, 0.4) is 0 Å². The van der Waals surface area contributed by atoms with Crippen molar-refractivity contribution in [1.29, 1.82) is 0 Å². The van der Waals surface area contributed by atoms with Crippen LogP contribution in [0.4, 0.5) is 0 Å². The lowest BCUT2D eigenvalue weighted by Gasteiger charge is -2.27. The van der Waals surface area contributed by atoms with Gasteiger partial charge in [0, 0.05) is 11.6 Å². The van der Waals surface area contributed by atoms with Gasteiger partial charge in [-0.3, -0.25) is 0 Å². The molecule has 0 radical (unpaired) electrons. The largest absolute Gasteiger partial charge is 0.478 e. The van der Waals surface area contributed by atoms with Gasteiger partial charge in [0.2, 0.25) is 0 Å². The molecule has 1 fully saturated rings. The number of aromatic carboxylic acids is 1. The van der Waals surface area contributed by atoms with E-state index < -0.39 is 18.4 Å². The molecule has 1 aliphatic rings. The summed E-state index contributed by atoms with van der Waals surface area (Å²) in [4.78, 5) is 11.4. The first kappa shape index (κ1) is 16.0. The predicted octanol–water partition coefficient (Wildman–Crippen LogP) is 3.66. The third kappa shape index (κ3) is 3.72. The summed E-state index contributed by atoms with van der Waals surface area (Å²) in [6.07, 6.45) is 2.76. The summed E-state index contributed by atoms with van der Waals surface area (Å²) in [5.74, 6) is -1.12. The maximum absolute atomic E-state index is 11.4. The van der Waals surface area contributed by atoms with Crippen molar-refractivity contribution < 1.29 is 23.9 Å². The van der Waals surface area contributed by atoms with Crippen LogP contribution < -0.4 is 0 Å². The van der Waals surface area contributed by atoms with Gasteiger partial charge in [0.15, 0.2) is 6.29 Å². The minimum atomic E-state index is -1.12. The Kier molecular flexibility index (Phi) is 4.95. The maximum Gasteiger partial charge on any atom is 0.341 e. The number of hydrogen-bond acceptors (Lipinski definition) is 5. The normalized spacial score (nSPS) is 19.4. The van der Waals surface area contributed by atoms with Crippen molar-refractivity contribution in [3.8, 4) is 0 Å². The zero-order valence-corrected chi connectivity index (χ0v) is 13.0. The molecule has 7 heteroatoms. The lowest BCUT2D eigenvalue weighted by Crippen LogP contribution is -2.25. The molecule has 0 bridgehead atoms. The van der Waals surface area contributed by atoms with Crippen LogP contribution in [0.1, 0.15) is 47.0 Å². The second kappa shape index (κ2) is 7.12. The third-order valence-electron chi connectivity index (χ3n) is 3.67. The lowest BCUT2D eigenvalue weighted by atomic mass is 10.0. The Bertz CT molecular complexity index is 663. The van der Waals surface area contributed by atoms with E-state index in [9.17, 15) is 9.90 Å². The third-order valence-corrected chi connectivity index (χ3v) is 3.93. The van der Waals surface area contributed by atoms with Crippen molar-refractivity contribution >= 4 is 17.6 Å². The van der Waals surface area contributed by atoms with Crippen molar-refractivity contribution in [2.45, 2.75) is 31.7 Å². The molecule has 122 valence electrons. The Morgan fingerprint density at radius 1 is 1.35 bits per heavy atom. The van der Waals surface area contributed by atoms with E-state index >= 15 is 0 Å². The predicted molar refractivity (Wildman–Crippen MR) is 81.4 cm³/mol. The highest BCUT2D eigenvalue weighted by Crippen LogP contribution is 2.31. The van der Waals surface area contributed by atoms with Crippen molar-refractivity contribution in [2.75, 3.05) is 6.61 Å². The van der Waals surface area contributed by atoms with E-state index in [0.29, 0.717) is 11.6 Å². The number of halogens is 1. The summed E-state index contributed by atoms with van der Waals surface area (Å²) in [5.41, 5.74) is 0.926. The Balaban J connectivity index is 1.93. The summed E-state index contributed by atoms with van der Waals surface area (Å²) in [6, 6.07) is 6.98. The minimum Gasteiger partial charge on any atom is -0.478 e. The van der Waals surface area contributed by atoms with Gasteiger partial charge in [-0.1, -0.05) is 28.9 Å². The molecule has 23 heavy (non-hydrogen) atoms. The van der Waals surface area contributed by atoms with Crippen LogP contribution in [0.15, 0.2) is 35.1 Å². The molecule has 1 aromatic carbocycles. The Labute approximate surface area is 137 Å².